The molecule has 2 aliphatic heterocycles. The molecule has 2 heterocycles. The summed E-state index contributed by atoms with van der Waals surface area (Å²) in [6, 6.07) is 0.175. The smallest absolute Gasteiger partial charge is 0.141 e. The Morgan fingerprint density at radius 2 is 2.15 bits per heavy atom. The zero-order valence-corrected chi connectivity index (χ0v) is 7.70. The highest BCUT2D eigenvalue weighted by atomic mass is 16.3. The summed E-state index contributed by atoms with van der Waals surface area (Å²) in [7, 11) is 0. The minimum atomic E-state index is -0.244. The monoisotopic (exact) mass is 181 g/mol. The summed E-state index contributed by atoms with van der Waals surface area (Å²) >= 11 is 0. The molecule has 2 saturated heterocycles. The van der Waals surface area contributed by atoms with Crippen LogP contribution in [0.3, 0.4) is 0 Å². The fourth-order valence-corrected chi connectivity index (χ4v) is 3.18. The van der Waals surface area contributed by atoms with Crippen molar-refractivity contribution in [2.45, 2.75) is 37.8 Å². The topological polar surface area (TPSA) is 40.5 Å². The number of nitrogens with zero attached hydrogens (tertiary/aromatic N) is 1. The molecule has 3 nitrogen and oxygen atoms in total. The SMILES string of the molecule is O=C1CCN2CC[C@H](O)C2C12CC2. The Morgan fingerprint density at radius 3 is 2.85 bits per heavy atom. The number of fused-ring (bicyclic) bond motifs is 2. The number of ketones is 1. The average molecular weight is 181 g/mol. The summed E-state index contributed by atoms with van der Waals surface area (Å²) in [4.78, 5) is 14.0. The Balaban J connectivity index is 1.95. The van der Waals surface area contributed by atoms with Gasteiger partial charge in [0.15, 0.2) is 0 Å². The van der Waals surface area contributed by atoms with Crippen molar-refractivity contribution in [2.24, 2.45) is 5.41 Å². The first-order valence-corrected chi connectivity index (χ1v) is 5.19. The summed E-state index contributed by atoms with van der Waals surface area (Å²) in [6.45, 7) is 1.86. The Labute approximate surface area is 77.7 Å². The third kappa shape index (κ3) is 0.891. The number of Topliss-reactive ketones (excluding diaryl/α,β-unsaturated/α-hetero) is 1. The van der Waals surface area contributed by atoms with Gasteiger partial charge in [0.05, 0.1) is 6.10 Å². The van der Waals surface area contributed by atoms with Gasteiger partial charge in [0.2, 0.25) is 0 Å². The predicted octanol–water partition coefficient (Wildman–Crippen LogP) is 0.175. The van der Waals surface area contributed by atoms with Crippen LogP contribution in [-0.4, -0.2) is 41.0 Å². The van der Waals surface area contributed by atoms with Crippen molar-refractivity contribution in [2.75, 3.05) is 13.1 Å². The Kier molecular flexibility index (Phi) is 1.43. The molecule has 0 radical (unpaired) electrons. The molecule has 2 atom stereocenters. The van der Waals surface area contributed by atoms with Crippen molar-refractivity contribution in [3.8, 4) is 0 Å². The van der Waals surface area contributed by atoms with Crippen molar-refractivity contribution in [1.82, 2.24) is 4.90 Å². The van der Waals surface area contributed by atoms with Crippen molar-refractivity contribution in [1.29, 1.82) is 0 Å². The van der Waals surface area contributed by atoms with E-state index in [0.29, 0.717) is 12.2 Å². The minimum absolute atomic E-state index is 0.103. The van der Waals surface area contributed by atoms with Gasteiger partial charge < -0.3 is 5.11 Å². The van der Waals surface area contributed by atoms with E-state index in [-0.39, 0.29) is 17.6 Å². The highest BCUT2D eigenvalue weighted by Crippen LogP contribution is 2.56. The van der Waals surface area contributed by atoms with Crippen LogP contribution >= 0.6 is 0 Å². The van der Waals surface area contributed by atoms with Gasteiger partial charge in [0.25, 0.3) is 0 Å². The molecule has 72 valence electrons. The lowest BCUT2D eigenvalue weighted by molar-refractivity contribution is -0.132. The highest BCUT2D eigenvalue weighted by molar-refractivity contribution is 5.89. The Hall–Kier alpha value is -0.410. The summed E-state index contributed by atoms with van der Waals surface area (Å²) in [5.41, 5.74) is -0.103. The molecular weight excluding hydrogens is 166 g/mol. The maximum atomic E-state index is 11.7. The number of aliphatic hydroxyl groups is 1. The van der Waals surface area contributed by atoms with E-state index >= 15 is 0 Å². The standard InChI is InChI=1S/C10H15NO2/c12-7-1-5-11-6-2-8(13)10(3-4-10)9(7)11/h7,9,12H,1-6H2/t7-,9?/m0/s1. The molecule has 3 heteroatoms. The zero-order chi connectivity index (χ0) is 9.05. The van der Waals surface area contributed by atoms with Crippen LogP contribution in [0.1, 0.15) is 25.7 Å². The van der Waals surface area contributed by atoms with Gasteiger partial charge in [0, 0.05) is 31.0 Å². The first kappa shape index (κ1) is 7.94. The molecule has 0 aromatic carbocycles. The fourth-order valence-electron chi connectivity index (χ4n) is 3.18. The molecule has 13 heavy (non-hydrogen) atoms. The van der Waals surface area contributed by atoms with Gasteiger partial charge in [-0.1, -0.05) is 0 Å². The Morgan fingerprint density at radius 1 is 1.38 bits per heavy atom. The molecule has 0 aromatic rings. The van der Waals surface area contributed by atoms with Crippen LogP contribution in [0, 0.1) is 5.41 Å². The van der Waals surface area contributed by atoms with E-state index in [1.807, 2.05) is 0 Å². The molecule has 3 aliphatic rings. The molecule has 1 saturated carbocycles. The predicted molar refractivity (Wildman–Crippen MR) is 47.3 cm³/mol. The van der Waals surface area contributed by atoms with Gasteiger partial charge in [0.1, 0.15) is 5.78 Å². The molecule has 0 aromatic heterocycles. The van der Waals surface area contributed by atoms with Gasteiger partial charge in [-0.3, -0.25) is 9.69 Å². The van der Waals surface area contributed by atoms with Crippen molar-refractivity contribution < 1.29 is 9.90 Å². The molecular formula is C10H15NO2. The summed E-state index contributed by atoms with van der Waals surface area (Å²) in [5, 5.41) is 9.82. The van der Waals surface area contributed by atoms with Crippen LogP contribution in [0.2, 0.25) is 0 Å². The van der Waals surface area contributed by atoms with Crippen LogP contribution in [0.5, 0.6) is 0 Å². The molecule has 3 fully saturated rings. The first-order chi connectivity index (χ1) is 6.24. The molecule has 1 N–H and O–H groups in total. The highest BCUT2D eigenvalue weighted by Gasteiger charge is 2.62. The number of carbonyl (C=O) groups excluding carboxylic acids is 1. The lowest BCUT2D eigenvalue weighted by atomic mass is 9.83. The number of carbonyl (C=O) groups is 1. The van der Waals surface area contributed by atoms with Gasteiger partial charge in [-0.25, -0.2) is 0 Å². The van der Waals surface area contributed by atoms with E-state index in [4.69, 9.17) is 0 Å². The Bertz CT molecular complexity index is 260. The molecule has 1 unspecified atom stereocenters. The third-order valence-electron chi connectivity index (χ3n) is 4.01. The van der Waals surface area contributed by atoms with E-state index in [1.54, 1.807) is 0 Å². The van der Waals surface area contributed by atoms with Crippen LogP contribution in [-0.2, 0) is 4.79 Å². The van der Waals surface area contributed by atoms with Crippen LogP contribution in [0.4, 0.5) is 0 Å². The van der Waals surface area contributed by atoms with E-state index < -0.39 is 0 Å². The van der Waals surface area contributed by atoms with Crippen LogP contribution in [0.25, 0.3) is 0 Å². The maximum Gasteiger partial charge on any atom is 0.141 e. The van der Waals surface area contributed by atoms with Crippen LogP contribution in [0.15, 0.2) is 0 Å². The van der Waals surface area contributed by atoms with Gasteiger partial charge in [-0.15, -0.1) is 0 Å². The molecule has 3 rings (SSSR count). The zero-order valence-electron chi connectivity index (χ0n) is 7.70. The quantitative estimate of drug-likeness (QED) is 0.579. The molecule has 1 aliphatic carbocycles. The van der Waals surface area contributed by atoms with Gasteiger partial charge >= 0.3 is 0 Å². The fraction of sp³-hybridized carbons (Fsp3) is 0.900. The lowest BCUT2D eigenvalue weighted by Crippen LogP contribution is -2.51. The second-order valence-corrected chi connectivity index (χ2v) is 4.67. The van der Waals surface area contributed by atoms with Gasteiger partial charge in [-0.2, -0.15) is 0 Å². The minimum Gasteiger partial charge on any atom is -0.391 e. The number of rotatable bonds is 0. The van der Waals surface area contributed by atoms with E-state index in [0.717, 1.165) is 32.4 Å². The van der Waals surface area contributed by atoms with Gasteiger partial charge in [-0.05, 0) is 19.3 Å². The number of hydrogen-bond acceptors (Lipinski definition) is 3. The summed E-state index contributed by atoms with van der Waals surface area (Å²) in [5.74, 6) is 0.412. The maximum absolute atomic E-state index is 11.7. The van der Waals surface area contributed by atoms with E-state index in [1.165, 1.54) is 0 Å². The average Bonchev–Trinajstić information content (AvgIpc) is 2.81. The lowest BCUT2D eigenvalue weighted by Gasteiger charge is -2.37. The normalized spacial score (nSPS) is 42.4. The van der Waals surface area contributed by atoms with Crippen LogP contribution < -0.4 is 0 Å². The van der Waals surface area contributed by atoms with Crippen molar-refractivity contribution in [3.63, 3.8) is 0 Å². The largest absolute Gasteiger partial charge is 0.391 e. The summed E-state index contributed by atoms with van der Waals surface area (Å²) < 4.78 is 0. The molecule has 0 amide bonds. The second-order valence-electron chi connectivity index (χ2n) is 4.67. The summed E-state index contributed by atoms with van der Waals surface area (Å²) in [6.07, 6.45) is 3.36. The third-order valence-corrected chi connectivity index (χ3v) is 4.01. The van der Waals surface area contributed by atoms with E-state index in [9.17, 15) is 9.90 Å². The molecule has 1 spiro atoms. The molecule has 0 bridgehead atoms. The van der Waals surface area contributed by atoms with Crippen molar-refractivity contribution >= 4 is 5.78 Å². The number of hydrogen-bond donors (Lipinski definition) is 1. The number of piperidine rings is 1. The number of aliphatic hydroxyl groups excluding tert-OH is 1. The van der Waals surface area contributed by atoms with E-state index in [2.05, 4.69) is 4.90 Å². The van der Waals surface area contributed by atoms with Crippen molar-refractivity contribution in [3.05, 3.63) is 0 Å². The second kappa shape index (κ2) is 2.34. The first-order valence-electron chi connectivity index (χ1n) is 5.19.